The van der Waals surface area contributed by atoms with Gasteiger partial charge in [0, 0.05) is 26.2 Å². The smallest absolute Gasteiger partial charge is 0.341 e. The Bertz CT molecular complexity index is 1310. The fourth-order valence-corrected chi connectivity index (χ4v) is 5.41. The number of carbonyl (C=O) groups is 3. The second-order valence-electron chi connectivity index (χ2n) is 7.61. The van der Waals surface area contributed by atoms with Crippen LogP contribution < -0.4 is 10.1 Å². The molecule has 10 nitrogen and oxygen atoms in total. The number of anilines is 1. The predicted octanol–water partition coefficient (Wildman–Crippen LogP) is 4.29. The van der Waals surface area contributed by atoms with E-state index in [2.05, 4.69) is 15.5 Å². The molecule has 3 aromatic rings. The van der Waals surface area contributed by atoms with E-state index in [4.69, 9.17) is 32.7 Å². The molecule has 192 valence electrons. The van der Waals surface area contributed by atoms with Crippen LogP contribution in [0.25, 0.3) is 0 Å². The molecule has 0 unspecified atom stereocenters. The van der Waals surface area contributed by atoms with E-state index in [9.17, 15) is 14.4 Å². The van der Waals surface area contributed by atoms with Crippen LogP contribution in [-0.4, -0.2) is 64.4 Å². The van der Waals surface area contributed by atoms with E-state index < -0.39 is 5.97 Å². The highest BCUT2D eigenvalue weighted by molar-refractivity contribution is 7.99. The minimum Gasteiger partial charge on any atom is -0.484 e. The zero-order valence-electron chi connectivity index (χ0n) is 20.0. The Morgan fingerprint density at radius 2 is 1.94 bits per heavy atom. The number of hydrogen-bond acceptors (Lipinski definition) is 9. The van der Waals surface area contributed by atoms with E-state index in [1.165, 1.54) is 12.0 Å². The molecule has 3 rings (SSSR count). The molecule has 0 aliphatic carbocycles. The van der Waals surface area contributed by atoms with Crippen molar-refractivity contribution in [1.29, 1.82) is 0 Å². The van der Waals surface area contributed by atoms with Crippen LogP contribution in [0.5, 0.6) is 5.75 Å². The largest absolute Gasteiger partial charge is 0.484 e. The standard InChI is InChI=1S/C22H23Cl2N5O5S2/c1-11-17(21(32)33-5)19(36-18(11)20(31)28(2)3)25-16(30)10-35-22-27-26-15(29(22)4)9-34-14-7-6-12(23)8-13(14)24/h6-8H,9-10H2,1-5H3,(H,25,30). The van der Waals surface area contributed by atoms with Gasteiger partial charge in [0.1, 0.15) is 17.4 Å². The van der Waals surface area contributed by atoms with E-state index in [1.807, 2.05) is 0 Å². The molecule has 0 spiro atoms. The van der Waals surface area contributed by atoms with Gasteiger partial charge in [0.05, 0.1) is 28.3 Å². The molecule has 0 aliphatic rings. The maximum absolute atomic E-state index is 12.7. The lowest BCUT2D eigenvalue weighted by Gasteiger charge is -2.08. The van der Waals surface area contributed by atoms with Gasteiger partial charge in [0.15, 0.2) is 11.0 Å². The van der Waals surface area contributed by atoms with Crippen molar-refractivity contribution >= 4 is 69.1 Å². The van der Waals surface area contributed by atoms with Crippen molar-refractivity contribution in [3.8, 4) is 5.75 Å². The first-order chi connectivity index (χ1) is 17.0. The van der Waals surface area contributed by atoms with Crippen LogP contribution in [0.1, 0.15) is 31.4 Å². The van der Waals surface area contributed by atoms with Crippen LogP contribution >= 0.6 is 46.3 Å². The molecular formula is C22H23Cl2N5O5S2. The summed E-state index contributed by atoms with van der Waals surface area (Å²) in [4.78, 5) is 39.2. The van der Waals surface area contributed by atoms with Gasteiger partial charge in [-0.3, -0.25) is 9.59 Å². The Morgan fingerprint density at radius 3 is 2.58 bits per heavy atom. The Labute approximate surface area is 225 Å². The number of benzene rings is 1. The zero-order chi connectivity index (χ0) is 26.6. The van der Waals surface area contributed by atoms with E-state index in [-0.39, 0.29) is 34.7 Å². The lowest BCUT2D eigenvalue weighted by Crippen LogP contribution is -2.21. The van der Waals surface area contributed by atoms with Gasteiger partial charge in [-0.05, 0) is 30.7 Å². The Hall–Kier alpha value is -2.80. The molecule has 0 bridgehead atoms. The van der Waals surface area contributed by atoms with Gasteiger partial charge in [-0.2, -0.15) is 0 Å². The molecule has 0 saturated carbocycles. The summed E-state index contributed by atoms with van der Waals surface area (Å²) < 4.78 is 12.2. The number of amides is 2. The average Bonchev–Trinajstić information content (AvgIpc) is 3.34. The van der Waals surface area contributed by atoms with Crippen molar-refractivity contribution in [3.63, 3.8) is 0 Å². The summed E-state index contributed by atoms with van der Waals surface area (Å²) in [5, 5.41) is 12.5. The molecule has 0 saturated heterocycles. The van der Waals surface area contributed by atoms with Gasteiger partial charge >= 0.3 is 5.97 Å². The van der Waals surface area contributed by atoms with Crippen molar-refractivity contribution in [1.82, 2.24) is 19.7 Å². The molecule has 0 aliphatic heterocycles. The molecule has 36 heavy (non-hydrogen) atoms. The van der Waals surface area contributed by atoms with Crippen molar-refractivity contribution in [3.05, 3.63) is 50.1 Å². The van der Waals surface area contributed by atoms with Crippen molar-refractivity contribution < 1.29 is 23.9 Å². The van der Waals surface area contributed by atoms with E-state index in [0.29, 0.717) is 37.2 Å². The Morgan fingerprint density at radius 1 is 1.22 bits per heavy atom. The number of nitrogens with one attached hydrogen (secondary N) is 1. The monoisotopic (exact) mass is 571 g/mol. The number of methoxy groups -OCH3 is 1. The molecule has 2 aromatic heterocycles. The number of thiophene rings is 1. The summed E-state index contributed by atoms with van der Waals surface area (Å²) in [6, 6.07) is 4.90. The molecule has 1 aromatic carbocycles. The Kier molecular flexibility index (Phi) is 9.23. The molecule has 2 heterocycles. The average molecular weight is 572 g/mol. The van der Waals surface area contributed by atoms with Crippen molar-refractivity contribution in [2.45, 2.75) is 18.7 Å². The fourth-order valence-electron chi connectivity index (χ4n) is 2.98. The molecule has 0 radical (unpaired) electrons. The normalized spacial score (nSPS) is 10.8. The topological polar surface area (TPSA) is 116 Å². The number of esters is 1. The number of rotatable bonds is 9. The number of aromatic nitrogens is 3. The van der Waals surface area contributed by atoms with Crippen molar-refractivity contribution in [2.75, 3.05) is 32.3 Å². The fraction of sp³-hybridized carbons (Fsp3) is 0.318. The molecule has 1 N–H and O–H groups in total. The predicted molar refractivity (Wildman–Crippen MR) is 140 cm³/mol. The van der Waals surface area contributed by atoms with E-state index in [1.54, 1.807) is 50.8 Å². The second-order valence-corrected chi connectivity index (χ2v) is 10.4. The highest BCUT2D eigenvalue weighted by Gasteiger charge is 2.27. The van der Waals surface area contributed by atoms with Gasteiger partial charge in [-0.25, -0.2) is 4.79 Å². The van der Waals surface area contributed by atoms with Crippen LogP contribution in [0.2, 0.25) is 10.0 Å². The third-order valence-electron chi connectivity index (χ3n) is 4.90. The number of hydrogen-bond donors (Lipinski definition) is 1. The third-order valence-corrected chi connectivity index (χ3v) is 7.64. The number of nitrogens with zero attached hydrogens (tertiary/aromatic N) is 4. The number of carbonyl (C=O) groups excluding carboxylic acids is 3. The van der Waals surface area contributed by atoms with Crippen LogP contribution in [0, 0.1) is 6.92 Å². The van der Waals surface area contributed by atoms with Crippen LogP contribution in [0.3, 0.4) is 0 Å². The van der Waals surface area contributed by atoms with Crippen molar-refractivity contribution in [2.24, 2.45) is 7.05 Å². The highest BCUT2D eigenvalue weighted by atomic mass is 35.5. The van der Waals surface area contributed by atoms with E-state index in [0.717, 1.165) is 23.1 Å². The zero-order valence-corrected chi connectivity index (χ0v) is 23.2. The van der Waals surface area contributed by atoms with Crippen LogP contribution in [0.15, 0.2) is 23.4 Å². The first-order valence-corrected chi connectivity index (χ1v) is 12.9. The highest BCUT2D eigenvalue weighted by Crippen LogP contribution is 2.34. The van der Waals surface area contributed by atoms with E-state index >= 15 is 0 Å². The van der Waals surface area contributed by atoms with Crippen LogP contribution in [-0.2, 0) is 23.2 Å². The Balaban J connectivity index is 1.66. The summed E-state index contributed by atoms with van der Waals surface area (Å²) in [6.45, 7) is 1.75. The lowest BCUT2D eigenvalue weighted by atomic mass is 10.1. The minimum absolute atomic E-state index is 0.00956. The summed E-state index contributed by atoms with van der Waals surface area (Å²) in [6.07, 6.45) is 0. The summed E-state index contributed by atoms with van der Waals surface area (Å²) >= 11 is 14.2. The molecule has 2 amide bonds. The lowest BCUT2D eigenvalue weighted by molar-refractivity contribution is -0.113. The number of thioether (sulfide) groups is 1. The van der Waals surface area contributed by atoms with Gasteiger partial charge in [0.25, 0.3) is 5.91 Å². The number of halogens is 2. The summed E-state index contributed by atoms with van der Waals surface area (Å²) in [5.74, 6) is -0.321. The molecule has 0 atom stereocenters. The second kappa shape index (κ2) is 12.0. The molecular weight excluding hydrogens is 549 g/mol. The SMILES string of the molecule is COC(=O)c1c(NC(=O)CSc2nnc(COc3ccc(Cl)cc3Cl)n2C)sc(C(=O)N(C)C)c1C. The maximum atomic E-state index is 12.7. The van der Waals surface area contributed by atoms with Gasteiger partial charge in [-0.15, -0.1) is 21.5 Å². The molecule has 0 fully saturated rings. The maximum Gasteiger partial charge on any atom is 0.341 e. The quantitative estimate of drug-likeness (QED) is 0.298. The summed E-state index contributed by atoms with van der Waals surface area (Å²) in [7, 11) is 6.21. The minimum atomic E-state index is -0.636. The molecule has 14 heteroatoms. The first kappa shape index (κ1) is 27.8. The number of ether oxygens (including phenoxy) is 2. The first-order valence-electron chi connectivity index (χ1n) is 10.4. The van der Waals surface area contributed by atoms with Gasteiger partial charge in [-0.1, -0.05) is 35.0 Å². The third kappa shape index (κ3) is 6.30. The van der Waals surface area contributed by atoms with Crippen LogP contribution in [0.4, 0.5) is 5.00 Å². The van der Waals surface area contributed by atoms with Gasteiger partial charge in [0.2, 0.25) is 5.91 Å². The summed E-state index contributed by atoms with van der Waals surface area (Å²) in [5.41, 5.74) is 0.609. The van der Waals surface area contributed by atoms with Gasteiger partial charge < -0.3 is 24.3 Å².